The molecule has 0 aromatic carbocycles. The summed E-state index contributed by atoms with van der Waals surface area (Å²) in [7, 11) is 0. The molecule has 32 heavy (non-hydrogen) atoms. The Kier molecular flexibility index (Phi) is 6.15. The first-order valence-corrected chi connectivity index (χ1v) is 10.8. The van der Waals surface area contributed by atoms with Gasteiger partial charge in [-0.2, -0.15) is 0 Å². The first-order valence-electron chi connectivity index (χ1n) is 9.90. The Bertz CT molecular complexity index is 1220. The summed E-state index contributed by atoms with van der Waals surface area (Å²) in [6.45, 7) is 3.80. The Morgan fingerprint density at radius 3 is 2.84 bits per heavy atom. The van der Waals surface area contributed by atoms with Crippen LogP contribution in [0.1, 0.15) is 17.3 Å². The van der Waals surface area contributed by atoms with E-state index in [1.165, 1.54) is 22.1 Å². The first-order chi connectivity index (χ1) is 15.4. The van der Waals surface area contributed by atoms with Gasteiger partial charge in [-0.05, 0) is 13.0 Å². The van der Waals surface area contributed by atoms with Crippen LogP contribution in [0.15, 0.2) is 28.6 Å². The van der Waals surface area contributed by atoms with Gasteiger partial charge in [0, 0.05) is 44.0 Å². The predicted octanol–water partition coefficient (Wildman–Crippen LogP) is 1.27. The number of nitrogens with zero attached hydrogens (tertiary/aromatic N) is 4. The van der Waals surface area contributed by atoms with E-state index in [9.17, 15) is 23.9 Å². The molecule has 0 spiro atoms. The van der Waals surface area contributed by atoms with Crippen molar-refractivity contribution in [2.45, 2.75) is 6.92 Å². The van der Waals surface area contributed by atoms with Gasteiger partial charge in [0.25, 0.3) is 0 Å². The molecule has 1 fully saturated rings. The number of aromatic nitrogens is 3. The van der Waals surface area contributed by atoms with Crippen LogP contribution in [-0.4, -0.2) is 64.4 Å². The molecule has 0 aliphatic carbocycles. The van der Waals surface area contributed by atoms with E-state index in [1.54, 1.807) is 10.3 Å². The van der Waals surface area contributed by atoms with Crippen molar-refractivity contribution < 1.29 is 23.8 Å². The number of fused-ring (bicyclic) bond motifs is 1. The van der Waals surface area contributed by atoms with Crippen molar-refractivity contribution in [3.05, 3.63) is 45.4 Å². The van der Waals surface area contributed by atoms with Crippen LogP contribution in [0.5, 0.6) is 0 Å². The fourth-order valence-electron chi connectivity index (χ4n) is 3.42. The number of carboxylic acids is 1. The third kappa shape index (κ3) is 4.06. The molecule has 0 unspecified atom stereocenters. The van der Waals surface area contributed by atoms with Crippen LogP contribution in [0.4, 0.5) is 10.2 Å². The Morgan fingerprint density at radius 1 is 1.41 bits per heavy atom. The molecule has 2 N–H and O–H groups in total. The van der Waals surface area contributed by atoms with Crippen molar-refractivity contribution in [2.24, 2.45) is 5.92 Å². The van der Waals surface area contributed by atoms with Gasteiger partial charge in [0.15, 0.2) is 22.4 Å². The normalized spacial score (nSPS) is 13.9. The lowest BCUT2D eigenvalue weighted by atomic mass is 9.99. The van der Waals surface area contributed by atoms with Gasteiger partial charge in [-0.15, -0.1) is 11.3 Å². The van der Waals surface area contributed by atoms with E-state index in [-0.39, 0.29) is 41.8 Å². The van der Waals surface area contributed by atoms with Crippen molar-refractivity contribution >= 4 is 40.1 Å². The van der Waals surface area contributed by atoms with Crippen LogP contribution >= 0.6 is 11.3 Å². The SMILES string of the molecule is CCOCCNC(=O)C1CN(c2nc3c(cc2F)c(=O)c(C(=O)O)cn3-c2nccs2)C1. The number of hydrogen-bond donors (Lipinski definition) is 2. The molecule has 0 bridgehead atoms. The molecule has 10 nitrogen and oxygen atoms in total. The summed E-state index contributed by atoms with van der Waals surface area (Å²) in [5, 5.41) is 14.1. The smallest absolute Gasteiger partial charge is 0.341 e. The average Bonchev–Trinajstić information content (AvgIpc) is 3.26. The molecule has 12 heteroatoms. The molecule has 0 atom stereocenters. The summed E-state index contributed by atoms with van der Waals surface area (Å²) in [6, 6.07) is 0.992. The maximum absolute atomic E-state index is 14.9. The molecule has 4 rings (SSSR count). The molecule has 1 aliphatic rings. The van der Waals surface area contributed by atoms with Crippen LogP contribution in [0.25, 0.3) is 16.2 Å². The summed E-state index contributed by atoms with van der Waals surface area (Å²) >= 11 is 1.22. The number of amides is 1. The zero-order valence-electron chi connectivity index (χ0n) is 17.1. The van der Waals surface area contributed by atoms with Crippen molar-refractivity contribution in [1.82, 2.24) is 19.9 Å². The van der Waals surface area contributed by atoms with Crippen molar-refractivity contribution in [3.8, 4) is 5.13 Å². The Labute approximate surface area is 185 Å². The highest BCUT2D eigenvalue weighted by molar-refractivity contribution is 7.12. The second-order valence-electron chi connectivity index (χ2n) is 7.12. The van der Waals surface area contributed by atoms with E-state index in [1.807, 2.05) is 6.92 Å². The molecule has 3 aromatic heterocycles. The maximum atomic E-state index is 14.9. The average molecular weight is 461 g/mol. The second-order valence-corrected chi connectivity index (χ2v) is 7.99. The van der Waals surface area contributed by atoms with E-state index in [2.05, 4.69) is 15.3 Å². The van der Waals surface area contributed by atoms with Gasteiger partial charge in [0.05, 0.1) is 17.9 Å². The number of aromatic carboxylic acids is 1. The summed E-state index contributed by atoms with van der Waals surface area (Å²) in [5.74, 6) is -2.66. The standard InChI is InChI=1S/C20H20FN5O5S/c1-2-31-5-3-22-18(28)11-8-25(9-11)17-14(21)7-12-15(27)13(19(29)30)10-26(16(12)24-17)20-23-4-6-32-20/h4,6-7,10-11H,2-3,5,8-9H2,1H3,(H,22,28)(H,29,30). The van der Waals surface area contributed by atoms with Gasteiger partial charge in [0.1, 0.15) is 5.56 Å². The number of nitrogens with one attached hydrogen (secondary N) is 1. The molecule has 1 aliphatic heterocycles. The van der Waals surface area contributed by atoms with Gasteiger partial charge >= 0.3 is 5.97 Å². The van der Waals surface area contributed by atoms with Gasteiger partial charge in [-0.25, -0.2) is 19.2 Å². The number of carbonyl (C=O) groups is 2. The van der Waals surface area contributed by atoms with Gasteiger partial charge < -0.3 is 20.1 Å². The largest absolute Gasteiger partial charge is 0.477 e. The summed E-state index contributed by atoms with van der Waals surface area (Å²) in [5.41, 5.74) is -1.24. The van der Waals surface area contributed by atoms with E-state index in [0.29, 0.717) is 24.9 Å². The van der Waals surface area contributed by atoms with Crippen LogP contribution in [0.3, 0.4) is 0 Å². The van der Waals surface area contributed by atoms with Gasteiger partial charge in [-0.1, -0.05) is 0 Å². The quantitative estimate of drug-likeness (QED) is 0.480. The second kappa shape index (κ2) is 9.01. The van der Waals surface area contributed by atoms with Crippen molar-refractivity contribution in [2.75, 3.05) is 37.7 Å². The first kappa shape index (κ1) is 21.8. The molecular formula is C20H20FN5O5S. The summed E-state index contributed by atoms with van der Waals surface area (Å²) in [4.78, 5) is 46.4. The highest BCUT2D eigenvalue weighted by Crippen LogP contribution is 2.29. The van der Waals surface area contributed by atoms with Gasteiger partial charge in [-0.3, -0.25) is 14.2 Å². The third-order valence-electron chi connectivity index (χ3n) is 5.07. The zero-order chi connectivity index (χ0) is 22.8. The fraction of sp³-hybridized carbons (Fsp3) is 0.350. The molecular weight excluding hydrogens is 441 g/mol. The predicted molar refractivity (Wildman–Crippen MR) is 115 cm³/mol. The molecule has 1 amide bonds. The number of carboxylic acid groups (broad SMARTS) is 1. The number of anilines is 1. The lowest BCUT2D eigenvalue weighted by Gasteiger charge is -2.39. The van der Waals surface area contributed by atoms with E-state index < -0.39 is 22.8 Å². The maximum Gasteiger partial charge on any atom is 0.341 e. The van der Waals surface area contributed by atoms with Crippen LogP contribution in [-0.2, 0) is 9.53 Å². The minimum Gasteiger partial charge on any atom is -0.477 e. The Balaban J connectivity index is 1.64. The minimum atomic E-state index is -1.42. The highest BCUT2D eigenvalue weighted by Gasteiger charge is 2.35. The Morgan fingerprint density at radius 2 is 2.19 bits per heavy atom. The van der Waals surface area contributed by atoms with Gasteiger partial charge in [0.2, 0.25) is 11.3 Å². The number of hydrogen-bond acceptors (Lipinski definition) is 8. The number of rotatable bonds is 8. The molecule has 0 saturated carbocycles. The number of halogens is 1. The Hall–Kier alpha value is -3.38. The number of carbonyl (C=O) groups excluding carboxylic acids is 1. The summed E-state index contributed by atoms with van der Waals surface area (Å²) in [6.07, 6.45) is 2.67. The van der Waals surface area contributed by atoms with Crippen LogP contribution < -0.4 is 15.6 Å². The monoisotopic (exact) mass is 461 g/mol. The number of thiazole rings is 1. The fourth-order valence-corrected chi connectivity index (χ4v) is 4.04. The number of ether oxygens (including phenoxy) is 1. The topological polar surface area (TPSA) is 127 Å². The van der Waals surface area contributed by atoms with E-state index >= 15 is 0 Å². The minimum absolute atomic E-state index is 0.0105. The zero-order valence-corrected chi connectivity index (χ0v) is 17.9. The molecule has 4 heterocycles. The van der Waals surface area contributed by atoms with Crippen LogP contribution in [0, 0.1) is 11.7 Å². The third-order valence-corrected chi connectivity index (χ3v) is 5.84. The number of pyridine rings is 2. The molecule has 1 saturated heterocycles. The lowest BCUT2D eigenvalue weighted by molar-refractivity contribution is -0.125. The highest BCUT2D eigenvalue weighted by atomic mass is 32.1. The van der Waals surface area contributed by atoms with Crippen LogP contribution in [0.2, 0.25) is 0 Å². The lowest BCUT2D eigenvalue weighted by Crippen LogP contribution is -2.54. The van der Waals surface area contributed by atoms with E-state index in [4.69, 9.17) is 4.74 Å². The summed E-state index contributed by atoms with van der Waals surface area (Å²) < 4.78 is 21.4. The molecule has 0 radical (unpaired) electrons. The van der Waals surface area contributed by atoms with Crippen molar-refractivity contribution in [3.63, 3.8) is 0 Å². The van der Waals surface area contributed by atoms with E-state index in [0.717, 1.165) is 12.3 Å². The molecule has 3 aromatic rings. The molecule has 168 valence electrons. The van der Waals surface area contributed by atoms with Crippen molar-refractivity contribution in [1.29, 1.82) is 0 Å².